The first-order valence-electron chi connectivity index (χ1n) is 7.92. The van der Waals surface area contributed by atoms with E-state index in [0.717, 1.165) is 38.5 Å². The van der Waals surface area contributed by atoms with Crippen LogP contribution in [0.15, 0.2) is 0 Å². The van der Waals surface area contributed by atoms with Crippen LogP contribution in [0.4, 0.5) is 0 Å². The predicted octanol–water partition coefficient (Wildman–Crippen LogP) is 2.82. The minimum atomic E-state index is -0.709. The lowest BCUT2D eigenvalue weighted by Crippen LogP contribution is -2.43. The molecule has 0 aromatic carbocycles. The third kappa shape index (κ3) is 3.33. The fourth-order valence-electron chi connectivity index (χ4n) is 3.94. The molecule has 2 rings (SSSR count). The molecule has 114 valence electrons. The van der Waals surface area contributed by atoms with Gasteiger partial charge in [-0.15, -0.1) is 0 Å². The predicted molar refractivity (Wildman–Crippen MR) is 77.2 cm³/mol. The zero-order valence-electron chi connectivity index (χ0n) is 12.7. The minimum absolute atomic E-state index is 0.0736. The molecule has 3 atom stereocenters. The number of rotatable bonds is 4. The molecule has 3 unspecified atom stereocenters. The number of aliphatic carboxylic acids is 1. The van der Waals surface area contributed by atoms with Crippen molar-refractivity contribution in [2.45, 2.75) is 58.8 Å². The molecule has 0 bridgehead atoms. The van der Waals surface area contributed by atoms with E-state index in [-0.39, 0.29) is 29.1 Å². The van der Waals surface area contributed by atoms with Crippen molar-refractivity contribution in [1.82, 2.24) is 5.32 Å². The van der Waals surface area contributed by atoms with Gasteiger partial charge in [0.1, 0.15) is 0 Å². The number of hydrogen-bond donors (Lipinski definition) is 2. The summed E-state index contributed by atoms with van der Waals surface area (Å²) in [5.41, 5.74) is 0.0736. The van der Waals surface area contributed by atoms with Crippen molar-refractivity contribution in [2.24, 2.45) is 23.2 Å². The Labute approximate surface area is 121 Å². The van der Waals surface area contributed by atoms with Crippen LogP contribution in [0.2, 0.25) is 0 Å². The summed E-state index contributed by atoms with van der Waals surface area (Å²) in [6.45, 7) is 4.88. The fourth-order valence-corrected chi connectivity index (χ4v) is 3.94. The molecule has 4 nitrogen and oxygen atoms in total. The Bertz CT molecular complexity index is 378. The van der Waals surface area contributed by atoms with Crippen LogP contribution in [-0.4, -0.2) is 23.5 Å². The summed E-state index contributed by atoms with van der Waals surface area (Å²) in [6.07, 6.45) is 7.05. The van der Waals surface area contributed by atoms with E-state index in [1.165, 1.54) is 6.42 Å². The third-order valence-electron chi connectivity index (χ3n) is 5.34. The maximum Gasteiger partial charge on any atom is 0.306 e. The lowest BCUT2D eigenvalue weighted by molar-refractivity contribution is -0.143. The highest BCUT2D eigenvalue weighted by Gasteiger charge is 2.38. The normalized spacial score (nSPS) is 32.8. The maximum absolute atomic E-state index is 12.4. The second-order valence-corrected chi connectivity index (χ2v) is 7.17. The van der Waals surface area contributed by atoms with Crippen molar-refractivity contribution in [2.75, 3.05) is 6.54 Å². The SMILES string of the molecule is CC1(C)CCCCC1C(=O)NCC1CCCC1C(=O)O. The molecular weight excluding hydrogens is 254 g/mol. The zero-order valence-corrected chi connectivity index (χ0v) is 12.7. The summed E-state index contributed by atoms with van der Waals surface area (Å²) >= 11 is 0. The van der Waals surface area contributed by atoms with Gasteiger partial charge in [0, 0.05) is 12.5 Å². The van der Waals surface area contributed by atoms with Crippen molar-refractivity contribution in [3.05, 3.63) is 0 Å². The molecule has 0 aliphatic heterocycles. The van der Waals surface area contributed by atoms with Crippen LogP contribution in [-0.2, 0) is 9.59 Å². The number of carboxylic acids is 1. The van der Waals surface area contributed by atoms with E-state index in [4.69, 9.17) is 5.11 Å². The number of amides is 1. The lowest BCUT2D eigenvalue weighted by Gasteiger charge is -2.37. The van der Waals surface area contributed by atoms with Gasteiger partial charge in [0.25, 0.3) is 0 Å². The summed E-state index contributed by atoms with van der Waals surface area (Å²) in [5.74, 6) is -0.649. The average Bonchev–Trinajstić information content (AvgIpc) is 2.83. The van der Waals surface area contributed by atoms with E-state index in [1.54, 1.807) is 0 Å². The molecule has 0 saturated heterocycles. The van der Waals surface area contributed by atoms with Gasteiger partial charge in [-0.1, -0.05) is 33.1 Å². The fraction of sp³-hybridized carbons (Fsp3) is 0.875. The maximum atomic E-state index is 12.4. The lowest BCUT2D eigenvalue weighted by atomic mass is 9.68. The molecule has 2 N–H and O–H groups in total. The van der Waals surface area contributed by atoms with Gasteiger partial charge in [-0.2, -0.15) is 0 Å². The molecular formula is C16H27NO3. The third-order valence-corrected chi connectivity index (χ3v) is 5.34. The minimum Gasteiger partial charge on any atom is -0.481 e. The van der Waals surface area contributed by atoms with Gasteiger partial charge in [0.05, 0.1) is 5.92 Å². The number of carbonyl (C=O) groups excluding carboxylic acids is 1. The second kappa shape index (κ2) is 6.15. The van der Waals surface area contributed by atoms with Crippen LogP contribution in [0.1, 0.15) is 58.8 Å². The monoisotopic (exact) mass is 281 g/mol. The van der Waals surface area contributed by atoms with Crippen LogP contribution >= 0.6 is 0 Å². The Morgan fingerprint density at radius 3 is 2.55 bits per heavy atom. The molecule has 0 aromatic heterocycles. The first kappa shape index (κ1) is 15.3. The van der Waals surface area contributed by atoms with E-state index < -0.39 is 5.97 Å². The largest absolute Gasteiger partial charge is 0.481 e. The van der Waals surface area contributed by atoms with Crippen LogP contribution in [0.5, 0.6) is 0 Å². The van der Waals surface area contributed by atoms with E-state index in [2.05, 4.69) is 19.2 Å². The van der Waals surface area contributed by atoms with E-state index in [1.807, 2.05) is 0 Å². The standard InChI is InChI=1S/C16H27NO3/c1-16(2)9-4-3-8-13(16)14(18)17-10-11-6-5-7-12(11)15(19)20/h11-13H,3-10H2,1-2H3,(H,17,18)(H,19,20). The molecule has 0 heterocycles. The van der Waals surface area contributed by atoms with Gasteiger partial charge in [-0.05, 0) is 37.0 Å². The molecule has 4 heteroatoms. The summed E-state index contributed by atoms with van der Waals surface area (Å²) in [7, 11) is 0. The highest BCUT2D eigenvalue weighted by Crippen LogP contribution is 2.40. The molecule has 2 aliphatic carbocycles. The van der Waals surface area contributed by atoms with Gasteiger partial charge in [-0.3, -0.25) is 9.59 Å². The van der Waals surface area contributed by atoms with Crippen molar-refractivity contribution in [3.8, 4) is 0 Å². The van der Waals surface area contributed by atoms with Gasteiger partial charge >= 0.3 is 5.97 Å². The summed E-state index contributed by atoms with van der Waals surface area (Å²) in [4.78, 5) is 23.5. The first-order valence-corrected chi connectivity index (χ1v) is 7.92. The van der Waals surface area contributed by atoms with Crippen molar-refractivity contribution >= 4 is 11.9 Å². The van der Waals surface area contributed by atoms with E-state index >= 15 is 0 Å². The average molecular weight is 281 g/mol. The molecule has 1 amide bonds. The Balaban J connectivity index is 1.87. The summed E-state index contributed by atoms with van der Waals surface area (Å²) in [6, 6.07) is 0. The van der Waals surface area contributed by atoms with Crippen LogP contribution in [0.25, 0.3) is 0 Å². The van der Waals surface area contributed by atoms with Crippen molar-refractivity contribution in [3.63, 3.8) is 0 Å². The van der Waals surface area contributed by atoms with Gasteiger partial charge in [0.15, 0.2) is 0 Å². The Morgan fingerprint density at radius 1 is 1.15 bits per heavy atom. The molecule has 20 heavy (non-hydrogen) atoms. The van der Waals surface area contributed by atoms with Crippen LogP contribution in [0, 0.1) is 23.2 Å². The Hall–Kier alpha value is -1.06. The molecule has 2 fully saturated rings. The molecule has 0 aromatic rings. The summed E-state index contributed by atoms with van der Waals surface area (Å²) < 4.78 is 0. The number of carbonyl (C=O) groups is 2. The molecule has 2 aliphatic rings. The highest BCUT2D eigenvalue weighted by molar-refractivity contribution is 5.79. The van der Waals surface area contributed by atoms with Crippen molar-refractivity contribution in [1.29, 1.82) is 0 Å². The number of carboxylic acid groups (broad SMARTS) is 1. The first-order chi connectivity index (χ1) is 9.42. The Morgan fingerprint density at radius 2 is 1.90 bits per heavy atom. The van der Waals surface area contributed by atoms with E-state index in [9.17, 15) is 9.59 Å². The molecule has 0 radical (unpaired) electrons. The van der Waals surface area contributed by atoms with Crippen LogP contribution < -0.4 is 5.32 Å². The number of hydrogen-bond acceptors (Lipinski definition) is 2. The molecule has 0 spiro atoms. The number of nitrogens with one attached hydrogen (secondary N) is 1. The summed E-state index contributed by atoms with van der Waals surface area (Å²) in [5, 5.41) is 12.2. The van der Waals surface area contributed by atoms with Gasteiger partial charge in [-0.25, -0.2) is 0 Å². The smallest absolute Gasteiger partial charge is 0.306 e. The second-order valence-electron chi connectivity index (χ2n) is 7.17. The highest BCUT2D eigenvalue weighted by atomic mass is 16.4. The Kier molecular flexibility index (Phi) is 4.71. The van der Waals surface area contributed by atoms with Gasteiger partial charge in [0.2, 0.25) is 5.91 Å². The van der Waals surface area contributed by atoms with Gasteiger partial charge < -0.3 is 10.4 Å². The zero-order chi connectivity index (χ0) is 14.8. The van der Waals surface area contributed by atoms with Crippen LogP contribution in [0.3, 0.4) is 0 Å². The quantitative estimate of drug-likeness (QED) is 0.832. The van der Waals surface area contributed by atoms with E-state index in [0.29, 0.717) is 6.54 Å². The molecule has 2 saturated carbocycles. The topological polar surface area (TPSA) is 66.4 Å². The van der Waals surface area contributed by atoms with Crippen molar-refractivity contribution < 1.29 is 14.7 Å².